The molecule has 0 aliphatic heterocycles. The summed E-state index contributed by atoms with van der Waals surface area (Å²) in [5.74, 6) is -0.248. The Balaban J connectivity index is 1.88. The van der Waals surface area contributed by atoms with Crippen LogP contribution in [0.2, 0.25) is 0 Å². The number of alkyl halides is 2. The van der Waals surface area contributed by atoms with E-state index in [2.05, 4.69) is 15.6 Å². The number of rotatable bonds is 9. The summed E-state index contributed by atoms with van der Waals surface area (Å²) in [4.78, 5) is 30.7. The molecule has 0 radical (unpaired) electrons. The number of methoxy groups -OCH3 is 2. The van der Waals surface area contributed by atoms with E-state index < -0.39 is 17.5 Å². The number of thiazole rings is 1. The summed E-state index contributed by atoms with van der Waals surface area (Å²) < 4.78 is 38.4. The van der Waals surface area contributed by atoms with Gasteiger partial charge in [0.1, 0.15) is 17.1 Å². The molecular formula is C24H26F2N3O4PS. The first-order valence-corrected chi connectivity index (χ1v) is 12.0. The molecule has 1 unspecified atom stereocenters. The van der Waals surface area contributed by atoms with Crippen molar-refractivity contribution in [2.45, 2.75) is 25.9 Å². The van der Waals surface area contributed by atoms with Crippen LogP contribution in [0.5, 0.6) is 11.5 Å². The highest BCUT2D eigenvalue weighted by Gasteiger charge is 2.27. The maximum absolute atomic E-state index is 13.6. The molecular weight excluding hydrogens is 495 g/mol. The third kappa shape index (κ3) is 6.13. The second-order valence-corrected chi connectivity index (χ2v) is 9.46. The Morgan fingerprint density at radius 2 is 1.91 bits per heavy atom. The molecule has 1 atom stereocenters. The molecule has 11 heteroatoms. The second-order valence-electron chi connectivity index (χ2n) is 7.53. The van der Waals surface area contributed by atoms with Gasteiger partial charge in [0.25, 0.3) is 17.5 Å². The van der Waals surface area contributed by atoms with Crippen molar-refractivity contribution in [3.8, 4) is 11.5 Å². The Bertz CT molecular complexity index is 1290. The molecule has 0 saturated carbocycles. The van der Waals surface area contributed by atoms with E-state index in [1.54, 1.807) is 24.3 Å². The lowest BCUT2D eigenvalue weighted by atomic mass is 10.1. The highest BCUT2D eigenvalue weighted by atomic mass is 32.1. The predicted molar refractivity (Wildman–Crippen MR) is 137 cm³/mol. The first kappa shape index (κ1) is 26.5. The molecule has 1 aromatic heterocycles. The van der Waals surface area contributed by atoms with Crippen LogP contribution in [0.25, 0.3) is 10.2 Å². The number of halogens is 2. The summed E-state index contributed by atoms with van der Waals surface area (Å²) in [6, 6.07) is 8.06. The molecule has 0 bridgehead atoms. The minimum absolute atomic E-state index is 0.0135. The summed E-state index contributed by atoms with van der Waals surface area (Å²) in [6.07, 6.45) is 1.29. The van der Waals surface area contributed by atoms with E-state index in [0.29, 0.717) is 27.3 Å². The molecule has 0 aliphatic carbocycles. The number of aromatic nitrogens is 1. The Morgan fingerprint density at radius 1 is 1.17 bits per heavy atom. The van der Waals surface area contributed by atoms with Crippen LogP contribution in [0.15, 0.2) is 42.0 Å². The molecule has 0 fully saturated rings. The number of hydrogen-bond donors (Lipinski definition) is 2. The average molecular weight is 522 g/mol. The number of benzene rings is 2. The van der Waals surface area contributed by atoms with Crippen LogP contribution in [0, 0.1) is 6.92 Å². The molecule has 7 nitrogen and oxygen atoms in total. The van der Waals surface area contributed by atoms with Gasteiger partial charge in [0.15, 0.2) is 0 Å². The number of hydrogen-bond acceptors (Lipinski definition) is 6. The van der Waals surface area contributed by atoms with Crippen molar-refractivity contribution in [1.29, 1.82) is 0 Å². The smallest absolute Gasteiger partial charge is 0.280 e. The van der Waals surface area contributed by atoms with Gasteiger partial charge < -0.3 is 20.1 Å². The standard InChI is InChI=1S/C24H26F2N3O4PS/c1-5-14(24(25,26)34)10-11-27-22(30)16-12-15(32-3)6-7-17(16)29-23(31)20-19(33-4)9-8-18-21(20)35-13(2)28-18/h5-9,12H,10-11,34H2,1-4H3,(H,27,30)(H,29,31)/b14-5+. The van der Waals surface area contributed by atoms with Crippen LogP contribution < -0.4 is 20.1 Å². The summed E-state index contributed by atoms with van der Waals surface area (Å²) in [6.45, 7) is 3.35. The molecule has 3 aromatic rings. The maximum atomic E-state index is 13.6. The van der Waals surface area contributed by atoms with Gasteiger partial charge in [-0.25, -0.2) is 4.98 Å². The zero-order valence-corrected chi connectivity index (χ0v) is 21.7. The molecule has 35 heavy (non-hydrogen) atoms. The lowest BCUT2D eigenvalue weighted by Crippen LogP contribution is -2.27. The second kappa shape index (κ2) is 11.1. The normalized spacial score (nSPS) is 11.9. The Morgan fingerprint density at radius 3 is 2.54 bits per heavy atom. The zero-order chi connectivity index (χ0) is 25.8. The van der Waals surface area contributed by atoms with E-state index in [1.807, 2.05) is 6.92 Å². The third-order valence-electron chi connectivity index (χ3n) is 5.25. The van der Waals surface area contributed by atoms with Crippen LogP contribution in [0.4, 0.5) is 14.5 Å². The number of carbonyl (C=O) groups is 2. The SMILES string of the molecule is C/C=C(\CCNC(=O)c1cc(OC)ccc1NC(=O)c1c(OC)ccc2nc(C)sc12)C(F)(F)P. The number of allylic oxidation sites excluding steroid dienone is 1. The van der Waals surface area contributed by atoms with Crippen LogP contribution in [0.1, 0.15) is 39.1 Å². The number of nitrogens with zero attached hydrogens (tertiary/aromatic N) is 1. The van der Waals surface area contributed by atoms with Gasteiger partial charge >= 0.3 is 0 Å². The van der Waals surface area contributed by atoms with Gasteiger partial charge in [-0.1, -0.05) is 15.3 Å². The predicted octanol–water partition coefficient (Wildman–Crippen LogP) is 5.41. The van der Waals surface area contributed by atoms with Crippen molar-refractivity contribution in [2.24, 2.45) is 0 Å². The quantitative estimate of drug-likeness (QED) is 0.290. The topological polar surface area (TPSA) is 89.6 Å². The fraction of sp³-hybridized carbons (Fsp3) is 0.292. The van der Waals surface area contributed by atoms with Gasteiger partial charge in [0.2, 0.25) is 0 Å². The lowest BCUT2D eigenvalue weighted by Gasteiger charge is -2.16. The molecule has 1 heterocycles. The largest absolute Gasteiger partial charge is 0.497 e. The maximum Gasteiger partial charge on any atom is 0.280 e. The fourth-order valence-electron chi connectivity index (χ4n) is 3.51. The molecule has 3 rings (SSSR count). The monoisotopic (exact) mass is 521 g/mol. The number of ether oxygens (including phenoxy) is 2. The minimum Gasteiger partial charge on any atom is -0.497 e. The van der Waals surface area contributed by atoms with Crippen LogP contribution in [-0.2, 0) is 0 Å². The van der Waals surface area contributed by atoms with Gasteiger partial charge in [0.05, 0.1) is 40.7 Å². The molecule has 0 saturated heterocycles. The highest BCUT2D eigenvalue weighted by Crippen LogP contribution is 2.34. The van der Waals surface area contributed by atoms with Crippen molar-refractivity contribution in [1.82, 2.24) is 10.3 Å². The zero-order valence-electron chi connectivity index (χ0n) is 19.7. The first-order chi connectivity index (χ1) is 16.6. The molecule has 0 spiro atoms. The van der Waals surface area contributed by atoms with E-state index in [9.17, 15) is 18.4 Å². The fourth-order valence-corrected chi connectivity index (χ4v) is 4.78. The Labute approximate surface area is 208 Å². The Hall–Kier alpha value is -3.10. The van der Waals surface area contributed by atoms with Gasteiger partial charge in [-0.05, 0) is 56.2 Å². The van der Waals surface area contributed by atoms with E-state index >= 15 is 0 Å². The number of fused-ring (bicyclic) bond motifs is 1. The lowest BCUT2D eigenvalue weighted by molar-refractivity contribution is 0.0950. The highest BCUT2D eigenvalue weighted by molar-refractivity contribution is 7.19. The van der Waals surface area contributed by atoms with E-state index in [1.165, 1.54) is 53.9 Å². The number of anilines is 1. The summed E-state index contributed by atoms with van der Waals surface area (Å²) in [7, 11) is 4.41. The van der Waals surface area contributed by atoms with Crippen molar-refractivity contribution in [3.05, 3.63) is 58.1 Å². The molecule has 186 valence electrons. The van der Waals surface area contributed by atoms with Gasteiger partial charge in [-0.3, -0.25) is 9.59 Å². The molecule has 0 aliphatic rings. The van der Waals surface area contributed by atoms with Crippen LogP contribution in [-0.4, -0.2) is 43.2 Å². The van der Waals surface area contributed by atoms with Gasteiger partial charge in [-0.15, -0.1) is 11.3 Å². The van der Waals surface area contributed by atoms with Crippen molar-refractivity contribution in [2.75, 3.05) is 26.1 Å². The average Bonchev–Trinajstić information content (AvgIpc) is 3.20. The van der Waals surface area contributed by atoms with Crippen molar-refractivity contribution in [3.63, 3.8) is 0 Å². The minimum atomic E-state index is -3.05. The summed E-state index contributed by atoms with van der Waals surface area (Å²) in [5.41, 5.74) is -1.83. The number of nitrogens with one attached hydrogen (secondary N) is 2. The number of carbonyl (C=O) groups excluding carboxylic acids is 2. The van der Waals surface area contributed by atoms with Crippen LogP contribution >= 0.6 is 20.6 Å². The van der Waals surface area contributed by atoms with Crippen LogP contribution in [0.3, 0.4) is 0 Å². The number of amides is 2. The third-order valence-corrected chi connectivity index (χ3v) is 6.62. The van der Waals surface area contributed by atoms with E-state index in [-0.39, 0.29) is 29.8 Å². The molecule has 2 amide bonds. The summed E-state index contributed by atoms with van der Waals surface area (Å²) >= 11 is 1.36. The summed E-state index contributed by atoms with van der Waals surface area (Å²) in [5, 5.41) is 6.21. The van der Waals surface area contributed by atoms with E-state index in [4.69, 9.17) is 9.47 Å². The Kier molecular flexibility index (Phi) is 8.40. The number of aryl methyl sites for hydroxylation is 1. The van der Waals surface area contributed by atoms with Crippen molar-refractivity contribution >= 4 is 48.3 Å². The van der Waals surface area contributed by atoms with Gasteiger partial charge in [0, 0.05) is 6.54 Å². The molecule has 2 N–H and O–H groups in total. The molecule has 2 aromatic carbocycles. The van der Waals surface area contributed by atoms with Gasteiger partial charge in [-0.2, -0.15) is 8.78 Å². The van der Waals surface area contributed by atoms with Crippen molar-refractivity contribution < 1.29 is 27.8 Å². The van der Waals surface area contributed by atoms with E-state index in [0.717, 1.165) is 5.01 Å². The first-order valence-electron chi connectivity index (χ1n) is 10.6.